The van der Waals surface area contributed by atoms with E-state index in [4.69, 9.17) is 0 Å². The van der Waals surface area contributed by atoms with Crippen LogP contribution in [0, 0.1) is 23.2 Å². The molecule has 1 N–H and O–H groups in total. The van der Waals surface area contributed by atoms with E-state index in [1.807, 2.05) is 0 Å². The van der Waals surface area contributed by atoms with Gasteiger partial charge in [-0.15, -0.1) is 0 Å². The summed E-state index contributed by atoms with van der Waals surface area (Å²) in [6.45, 7) is 12.1. The fraction of sp³-hybridized carbons (Fsp3) is 1.00. The average Bonchev–Trinajstić information content (AvgIpc) is 2.26. The Kier molecular flexibility index (Phi) is 5.50. The van der Waals surface area contributed by atoms with Gasteiger partial charge in [-0.2, -0.15) is 0 Å². The number of hydrogen-bond acceptors (Lipinski definition) is 1. The Labute approximate surface area is 109 Å². The van der Waals surface area contributed by atoms with Crippen molar-refractivity contribution in [3.05, 3.63) is 0 Å². The zero-order valence-corrected chi connectivity index (χ0v) is 12.8. The molecule has 0 saturated heterocycles. The second-order valence-corrected chi connectivity index (χ2v) is 7.34. The van der Waals surface area contributed by atoms with Crippen molar-refractivity contribution >= 4 is 0 Å². The van der Waals surface area contributed by atoms with Crippen LogP contribution in [-0.4, -0.2) is 13.1 Å². The molecule has 0 heterocycles. The van der Waals surface area contributed by atoms with Gasteiger partial charge in [0.2, 0.25) is 0 Å². The Bertz CT molecular complexity index is 220. The van der Waals surface area contributed by atoms with Crippen molar-refractivity contribution in [1.29, 1.82) is 0 Å². The van der Waals surface area contributed by atoms with E-state index in [1.165, 1.54) is 32.1 Å². The second kappa shape index (κ2) is 6.22. The van der Waals surface area contributed by atoms with Crippen LogP contribution in [-0.2, 0) is 0 Å². The largest absolute Gasteiger partial charge is 0.317 e. The SMILES string of the molecule is CNC1CC(C)CCC1C(C)(C)CCC(C)C. The Hall–Kier alpha value is -0.0400. The van der Waals surface area contributed by atoms with E-state index in [0.717, 1.165) is 23.8 Å². The van der Waals surface area contributed by atoms with Crippen molar-refractivity contribution in [1.82, 2.24) is 5.32 Å². The molecule has 102 valence electrons. The van der Waals surface area contributed by atoms with Crippen LogP contribution in [0.15, 0.2) is 0 Å². The van der Waals surface area contributed by atoms with Crippen LogP contribution in [0.3, 0.4) is 0 Å². The molecule has 0 aromatic rings. The van der Waals surface area contributed by atoms with Gasteiger partial charge in [0.15, 0.2) is 0 Å². The lowest BCUT2D eigenvalue weighted by Crippen LogP contribution is -2.45. The minimum atomic E-state index is 0.498. The van der Waals surface area contributed by atoms with E-state index in [0.29, 0.717) is 5.41 Å². The Morgan fingerprint density at radius 3 is 2.41 bits per heavy atom. The Morgan fingerprint density at radius 2 is 1.88 bits per heavy atom. The van der Waals surface area contributed by atoms with Crippen LogP contribution >= 0.6 is 0 Å². The third-order valence-corrected chi connectivity index (χ3v) is 4.85. The van der Waals surface area contributed by atoms with Crippen LogP contribution in [0.4, 0.5) is 0 Å². The third kappa shape index (κ3) is 4.28. The molecule has 0 aliphatic heterocycles. The van der Waals surface area contributed by atoms with Gasteiger partial charge in [0.25, 0.3) is 0 Å². The summed E-state index contributed by atoms with van der Waals surface area (Å²) in [5.41, 5.74) is 0.498. The van der Waals surface area contributed by atoms with E-state index in [2.05, 4.69) is 47.0 Å². The van der Waals surface area contributed by atoms with E-state index in [9.17, 15) is 0 Å². The van der Waals surface area contributed by atoms with Crippen molar-refractivity contribution in [2.45, 2.75) is 72.8 Å². The van der Waals surface area contributed by atoms with Crippen molar-refractivity contribution in [3.8, 4) is 0 Å². The maximum absolute atomic E-state index is 3.58. The lowest BCUT2D eigenvalue weighted by atomic mass is 9.64. The van der Waals surface area contributed by atoms with Gasteiger partial charge < -0.3 is 5.32 Å². The molecule has 1 heteroatoms. The highest BCUT2D eigenvalue weighted by Gasteiger charge is 2.37. The zero-order valence-electron chi connectivity index (χ0n) is 12.8. The molecule has 0 radical (unpaired) electrons. The third-order valence-electron chi connectivity index (χ3n) is 4.85. The molecule has 1 aliphatic carbocycles. The standard InChI is InChI=1S/C16H33N/c1-12(2)9-10-16(4,5)14-8-7-13(3)11-15(14)17-6/h12-15,17H,7-11H2,1-6H3. The maximum atomic E-state index is 3.58. The topological polar surface area (TPSA) is 12.0 Å². The van der Waals surface area contributed by atoms with Gasteiger partial charge in [0.1, 0.15) is 0 Å². The molecule has 1 nitrogen and oxygen atoms in total. The molecule has 1 fully saturated rings. The molecule has 17 heavy (non-hydrogen) atoms. The first-order valence-electron chi connectivity index (χ1n) is 7.54. The summed E-state index contributed by atoms with van der Waals surface area (Å²) in [5.74, 6) is 2.61. The predicted molar refractivity (Wildman–Crippen MR) is 77.2 cm³/mol. The van der Waals surface area contributed by atoms with E-state index >= 15 is 0 Å². The summed E-state index contributed by atoms with van der Waals surface area (Å²) in [6, 6.07) is 0.737. The molecular formula is C16H33N. The van der Waals surface area contributed by atoms with Gasteiger partial charge in [-0.25, -0.2) is 0 Å². The minimum absolute atomic E-state index is 0.498. The molecule has 0 aromatic heterocycles. The summed E-state index contributed by atoms with van der Waals surface area (Å²) < 4.78 is 0. The van der Waals surface area contributed by atoms with E-state index < -0.39 is 0 Å². The molecule has 0 spiro atoms. The first-order chi connectivity index (χ1) is 7.86. The van der Waals surface area contributed by atoms with Crippen LogP contribution in [0.1, 0.15) is 66.7 Å². The normalized spacial score (nSPS) is 30.9. The molecule has 3 atom stereocenters. The molecule has 0 aromatic carbocycles. The van der Waals surface area contributed by atoms with Crippen LogP contribution in [0.25, 0.3) is 0 Å². The smallest absolute Gasteiger partial charge is 0.00999 e. The van der Waals surface area contributed by atoms with Gasteiger partial charge in [-0.3, -0.25) is 0 Å². The molecule has 1 saturated carbocycles. The minimum Gasteiger partial charge on any atom is -0.317 e. The highest BCUT2D eigenvalue weighted by Crippen LogP contribution is 2.43. The Morgan fingerprint density at radius 1 is 1.24 bits per heavy atom. The lowest BCUT2D eigenvalue weighted by molar-refractivity contribution is 0.0854. The lowest BCUT2D eigenvalue weighted by Gasteiger charge is -2.44. The molecular weight excluding hydrogens is 206 g/mol. The van der Waals surface area contributed by atoms with Crippen molar-refractivity contribution in [2.24, 2.45) is 23.2 Å². The number of nitrogens with one attached hydrogen (secondary N) is 1. The van der Waals surface area contributed by atoms with E-state index in [-0.39, 0.29) is 0 Å². The number of hydrogen-bond donors (Lipinski definition) is 1. The molecule has 0 amide bonds. The summed E-state index contributed by atoms with van der Waals surface area (Å²) >= 11 is 0. The average molecular weight is 239 g/mol. The van der Waals surface area contributed by atoms with Crippen LogP contribution < -0.4 is 5.32 Å². The number of rotatable bonds is 5. The highest BCUT2D eigenvalue weighted by molar-refractivity contribution is 4.91. The first-order valence-corrected chi connectivity index (χ1v) is 7.54. The summed E-state index contributed by atoms with van der Waals surface area (Å²) in [6.07, 6.45) is 6.95. The van der Waals surface area contributed by atoms with Crippen LogP contribution in [0.5, 0.6) is 0 Å². The molecule has 0 bridgehead atoms. The van der Waals surface area contributed by atoms with Gasteiger partial charge in [-0.05, 0) is 49.5 Å². The molecule has 1 rings (SSSR count). The highest BCUT2D eigenvalue weighted by atomic mass is 14.9. The fourth-order valence-electron chi connectivity index (χ4n) is 3.48. The fourth-order valence-corrected chi connectivity index (χ4v) is 3.48. The monoisotopic (exact) mass is 239 g/mol. The Balaban J connectivity index is 2.61. The van der Waals surface area contributed by atoms with E-state index in [1.54, 1.807) is 0 Å². The summed E-state index contributed by atoms with van der Waals surface area (Å²) in [7, 11) is 2.15. The molecule has 3 unspecified atom stereocenters. The van der Waals surface area contributed by atoms with Gasteiger partial charge >= 0.3 is 0 Å². The van der Waals surface area contributed by atoms with Crippen molar-refractivity contribution in [2.75, 3.05) is 7.05 Å². The first kappa shape index (κ1) is 15.0. The van der Waals surface area contributed by atoms with Gasteiger partial charge in [0, 0.05) is 6.04 Å². The van der Waals surface area contributed by atoms with Gasteiger partial charge in [0.05, 0.1) is 0 Å². The molecule has 1 aliphatic rings. The predicted octanol–water partition coefficient (Wildman–Crippen LogP) is 4.47. The summed E-state index contributed by atoms with van der Waals surface area (Å²) in [5, 5.41) is 3.58. The quantitative estimate of drug-likeness (QED) is 0.746. The maximum Gasteiger partial charge on any atom is 0.00999 e. The summed E-state index contributed by atoms with van der Waals surface area (Å²) in [4.78, 5) is 0. The van der Waals surface area contributed by atoms with Crippen molar-refractivity contribution in [3.63, 3.8) is 0 Å². The van der Waals surface area contributed by atoms with Crippen LogP contribution in [0.2, 0.25) is 0 Å². The van der Waals surface area contributed by atoms with Gasteiger partial charge in [-0.1, -0.05) is 47.5 Å². The second-order valence-electron chi connectivity index (χ2n) is 7.34. The van der Waals surface area contributed by atoms with Crippen molar-refractivity contribution < 1.29 is 0 Å². The zero-order chi connectivity index (χ0) is 13.1.